The molecule has 3 atom stereocenters. The van der Waals surface area contributed by atoms with Gasteiger partial charge in [-0.2, -0.15) is 29.7 Å². The van der Waals surface area contributed by atoms with Crippen LogP contribution in [0.15, 0.2) is 0 Å². The van der Waals surface area contributed by atoms with Crippen LogP contribution in [0.3, 0.4) is 0 Å². The van der Waals surface area contributed by atoms with Crippen LogP contribution in [0.4, 0.5) is 46.0 Å². The van der Waals surface area contributed by atoms with E-state index in [0.717, 1.165) is 19.8 Å². The van der Waals surface area contributed by atoms with Gasteiger partial charge in [-0.1, -0.05) is 764 Å². The van der Waals surface area contributed by atoms with Crippen LogP contribution in [0.2, 0.25) is 77.1 Å². The molecule has 0 fully saturated rings. The van der Waals surface area contributed by atoms with Crippen LogP contribution >= 0.6 is 29.7 Å². The van der Waals surface area contributed by atoms with Gasteiger partial charge >= 0.3 is 0 Å². The topological polar surface area (TPSA) is 133 Å². The molecule has 0 bridgehead atoms. The van der Waals surface area contributed by atoms with E-state index in [-0.39, 0.29) is 763 Å². The SMILES string of the molecule is C.C.C.C.C.C.C.C.C.C.C.C.C.C.C.C.C.C.C.C.C.C.C.C.C.C.C.C.C.C.C.C.C.C.C.C.C.C.C.C.C.C.C.C.C.C.C.C.C.C.C.C.C.C.C.C.C.C.C.C.C.C.C.C.C.C.C.C.C.C.C.C.C.C.C.C.C.C.C.C.C.C.C.C.C.C.C.C.C.C.C.C.C.C.C.COCC[Si](C)(C)C.COCC[Si](C)(C)C.COCC[Si](C)(C)C.F.F.FF.FF.FF.FF.N.N.N.P.P.P. The zero-order chi connectivity index (χ0) is 27.9. The van der Waals surface area contributed by atoms with Crippen molar-refractivity contribution in [2.24, 2.45) is 0 Å². The minimum Gasteiger partial charge on any atom is -0.385 e. The Morgan fingerprint density at radius 1 is 0.119 bits per heavy atom. The molecule has 0 saturated carbocycles. The van der Waals surface area contributed by atoms with Gasteiger partial charge in [-0.3, -0.25) is 9.41 Å². The zero-order valence-electron chi connectivity index (χ0n) is 27.1. The summed E-state index contributed by atoms with van der Waals surface area (Å²) in [4.78, 5) is 0. The summed E-state index contributed by atoms with van der Waals surface area (Å²) in [7, 11) is 2.88. The normalized spacial score (nSPS) is 2.31. The second-order valence-electron chi connectivity index (χ2n) is 9.91. The molecule has 9 N–H and O–H groups in total. The van der Waals surface area contributed by atoms with Crippen LogP contribution in [-0.2, 0) is 14.2 Å². The van der Waals surface area contributed by atoms with Gasteiger partial charge in [0.1, 0.15) is 0 Å². The molecule has 3 unspecified atom stereocenters. The maximum absolute atomic E-state index is 8.00. The summed E-state index contributed by atoms with van der Waals surface area (Å²) in [6.07, 6.45) is 0. The van der Waals surface area contributed by atoms with E-state index in [1.807, 2.05) is 0 Å². The summed E-state index contributed by atoms with van der Waals surface area (Å²) >= 11 is 0. The summed E-state index contributed by atoms with van der Waals surface area (Å²) in [5, 5.41) is 0. The second-order valence-corrected chi connectivity index (χ2v) is 26.8. The number of hydrogen-bond acceptors (Lipinski definition) is 6. The molecular weight excluding hydrogens is 1810 g/mol. The zero-order valence-corrected chi connectivity index (χ0v) is 34.3. The van der Waals surface area contributed by atoms with E-state index >= 15 is 0 Å². The van der Waals surface area contributed by atoms with Crippen LogP contribution < -0.4 is 18.5 Å². The van der Waals surface area contributed by atoms with Crippen LogP contribution in [0.5, 0.6) is 0 Å². The lowest BCUT2D eigenvalue weighted by Gasteiger charge is -2.13. The molecule has 0 rings (SSSR count). The average molecular weight is 2270 g/mol. The molecule has 0 amide bonds. The van der Waals surface area contributed by atoms with E-state index in [1.165, 1.54) is 18.1 Å². The van der Waals surface area contributed by atoms with Gasteiger partial charge in [0.2, 0.25) is 0 Å². The molecule has 6 nitrogen and oxygen atoms in total. The Morgan fingerprint density at radius 2 is 0.148 bits per heavy atom. The Bertz CT molecular complexity index is 318. The molecule has 0 aliphatic rings. The predicted octanol–water partition coefficient (Wildman–Crippen LogP) is 70.7. The minimum atomic E-state index is -0.803. The molecule has 0 aliphatic heterocycles. The highest BCUT2D eigenvalue weighted by Crippen LogP contribution is 2.07. The molecule has 0 aromatic carbocycles. The lowest BCUT2D eigenvalue weighted by molar-refractivity contribution is 0.108. The third-order valence-corrected chi connectivity index (χ3v) is 8.28. The third kappa shape index (κ3) is 9330. The van der Waals surface area contributed by atoms with Crippen LogP contribution in [0.1, 0.15) is 706 Å². The first-order valence-corrected chi connectivity index (χ1v) is 20.8. The summed E-state index contributed by atoms with van der Waals surface area (Å²) in [5.41, 5.74) is 0. The van der Waals surface area contributed by atoms with Crippen molar-refractivity contribution in [3.8, 4) is 0 Å². The molecule has 22 heteroatoms. The number of halogens is 10. The molecule has 0 radical (unpaired) electrons. The summed E-state index contributed by atoms with van der Waals surface area (Å²) in [6, 6.07) is 3.84. The fourth-order valence-electron chi connectivity index (χ4n) is 1.22. The van der Waals surface area contributed by atoms with Gasteiger partial charge in [0.15, 0.2) is 0 Å². The number of hydrogen-bond donors (Lipinski definition) is 3. The lowest BCUT2D eigenvalue weighted by Crippen LogP contribution is -2.21. The highest BCUT2D eigenvalue weighted by Gasteiger charge is 2.12. The number of methoxy groups -OCH3 is 3. The van der Waals surface area contributed by atoms with E-state index in [9.17, 15) is 0 Å². The van der Waals surface area contributed by atoms with Crippen molar-refractivity contribution in [1.29, 1.82) is 0 Å². The van der Waals surface area contributed by atoms with Crippen molar-refractivity contribution < 1.29 is 60.2 Å². The molecule has 0 spiro atoms. The molecule has 0 aliphatic carbocycles. The fraction of sp³-hybridized carbons (Fsp3) is 1.00. The van der Waals surface area contributed by atoms with E-state index < -0.39 is 24.2 Å². The molecule has 0 heterocycles. The maximum atomic E-state index is 8.00. The fourth-order valence-corrected chi connectivity index (χ4v) is 3.67. The molecule has 0 aromatic rings. The van der Waals surface area contributed by atoms with Gasteiger partial charge in [-0.25, -0.2) is 0 Å². The first-order chi connectivity index (χ1) is 14.7. The highest BCUT2D eigenvalue weighted by atomic mass is 31.0. The van der Waals surface area contributed by atoms with Gasteiger partial charge < -0.3 is 32.7 Å². The number of rotatable bonds is 9. The van der Waals surface area contributed by atoms with Crippen molar-refractivity contribution >= 4 is 53.9 Å². The van der Waals surface area contributed by atoms with E-state index in [4.69, 9.17) is 50.8 Å². The average Bonchev–Trinajstić information content (AvgIpc) is 2.74. The monoisotopic (exact) mass is 2260 g/mol. The Labute approximate surface area is 951 Å². The number of ether oxygens (including phenoxy) is 3. The molecule has 135 heavy (non-hydrogen) atoms. The Balaban J connectivity index is -0.000000000452. The second kappa shape index (κ2) is 3090. The van der Waals surface area contributed by atoms with Crippen molar-refractivity contribution in [2.75, 3.05) is 41.2 Å². The van der Waals surface area contributed by atoms with E-state index in [0.29, 0.717) is 0 Å². The first-order valence-electron chi connectivity index (χ1n) is 9.72. The summed E-state index contributed by atoms with van der Waals surface area (Å²) in [5.74, 6) is 0. The van der Waals surface area contributed by atoms with Gasteiger partial charge in [0.25, 0.3) is 0 Å². The van der Waals surface area contributed by atoms with Gasteiger partial charge in [0, 0.05) is 102 Å². The van der Waals surface area contributed by atoms with Crippen molar-refractivity contribution in [1.82, 2.24) is 18.5 Å². The van der Waals surface area contributed by atoms with Crippen molar-refractivity contribution in [3.05, 3.63) is 0 Å². The van der Waals surface area contributed by atoms with Gasteiger partial charge in [-0.15, -0.1) is 0 Å². The standard InChI is InChI=1S/3C6H16OSi.95CH4.4F2.2FH.3H3N.3H3P/c3*1-7-5-6-8(2,3)4;;;;;;;;;;;;;;;;;;;;;;;;;;;;;;;;;;;;;;;;;;;;;;;;;;;;;;;;;;;;;;;;;;;;;;;;;;;;;;;;;;;;;;;;;;;;;;;;4*1-2;;;;;;;;/h3*5-6H2,1-4H3;95*1H4;;;;;2*1H;6*1H3. The van der Waals surface area contributed by atoms with Crippen LogP contribution in [0.25, 0.3) is 0 Å². The molecule has 1030 valence electrons. The molecule has 0 aromatic heterocycles. The maximum Gasteiger partial charge on any atom is 0.0466 e. The Hall–Kier alpha value is 1.00. The quantitative estimate of drug-likeness (QED) is 0.120. The van der Waals surface area contributed by atoms with E-state index in [2.05, 4.69) is 58.9 Å². The van der Waals surface area contributed by atoms with Crippen LogP contribution in [0, 0.1) is 0 Å². The Kier molecular flexibility index (Phi) is 84000. The summed E-state index contributed by atoms with van der Waals surface area (Å²) in [6.45, 7) is 24.0. The summed E-state index contributed by atoms with van der Waals surface area (Å²) < 4.78 is 78.9. The van der Waals surface area contributed by atoms with Crippen molar-refractivity contribution in [3.63, 3.8) is 0 Å². The predicted molar refractivity (Wildman–Crippen MR) is 822 cm³/mol. The lowest BCUT2D eigenvalue weighted by atomic mass is 10.9. The van der Waals surface area contributed by atoms with E-state index in [1.54, 1.807) is 21.3 Å². The molecule has 0 saturated heterocycles. The Morgan fingerprint density at radius 3 is 0.156 bits per heavy atom. The van der Waals surface area contributed by atoms with Crippen molar-refractivity contribution in [2.45, 2.75) is 783 Å². The first kappa shape index (κ1) is 3670. The van der Waals surface area contributed by atoms with Gasteiger partial charge in [0.05, 0.1) is 0 Å². The van der Waals surface area contributed by atoms with Crippen LogP contribution in [-0.4, -0.2) is 65.4 Å². The largest absolute Gasteiger partial charge is 0.385 e. The minimum absolute atomic E-state index is 0. The third-order valence-electron chi connectivity index (χ3n) is 3.17. The smallest absolute Gasteiger partial charge is 0.0466 e. The van der Waals surface area contributed by atoms with Gasteiger partial charge in [-0.05, 0) is 18.1 Å². The highest BCUT2D eigenvalue weighted by molar-refractivity contribution is 6.92. The molecular formula is C113H448F10N3O3P3Si3.